The molecule has 1 aromatic heterocycles. The predicted octanol–water partition coefficient (Wildman–Crippen LogP) is 3.15. The number of rotatable bonds is 5. The van der Waals surface area contributed by atoms with Crippen LogP contribution in [0.15, 0.2) is 18.5 Å². The second kappa shape index (κ2) is 6.41. The largest absolute Gasteiger partial charge is 0.310 e. The average molecular weight is 250 g/mol. The highest BCUT2D eigenvalue weighted by Gasteiger charge is 2.23. The van der Waals surface area contributed by atoms with Crippen LogP contribution in [0, 0.1) is 6.92 Å². The average Bonchev–Trinajstić information content (AvgIpc) is 2.76. The van der Waals surface area contributed by atoms with Gasteiger partial charge in [0.2, 0.25) is 0 Å². The number of hydrogen-bond donors (Lipinski definition) is 1. The van der Waals surface area contributed by atoms with Crippen molar-refractivity contribution < 1.29 is 0 Å². The summed E-state index contributed by atoms with van der Waals surface area (Å²) in [6.07, 6.45) is 7.88. The van der Waals surface area contributed by atoms with Crippen LogP contribution >= 0.6 is 11.8 Å². The van der Waals surface area contributed by atoms with Crippen molar-refractivity contribution in [3.63, 3.8) is 0 Å². The molecule has 0 spiro atoms. The summed E-state index contributed by atoms with van der Waals surface area (Å²) in [6.45, 7) is 5.38. The predicted molar refractivity (Wildman–Crippen MR) is 75.4 cm³/mol. The van der Waals surface area contributed by atoms with Gasteiger partial charge in [0.15, 0.2) is 0 Å². The molecule has 0 aliphatic heterocycles. The first-order chi connectivity index (χ1) is 8.29. The fourth-order valence-corrected chi connectivity index (χ4v) is 3.59. The number of nitrogens with zero attached hydrogens (tertiary/aromatic N) is 1. The normalized spacial score (nSPS) is 24.1. The van der Waals surface area contributed by atoms with Crippen LogP contribution in [0.5, 0.6) is 0 Å². The van der Waals surface area contributed by atoms with Crippen LogP contribution in [0.4, 0.5) is 0 Å². The Morgan fingerprint density at radius 2 is 2.35 bits per heavy atom. The van der Waals surface area contributed by atoms with Gasteiger partial charge in [0.05, 0.1) is 0 Å². The van der Waals surface area contributed by atoms with Crippen LogP contribution in [0.25, 0.3) is 0 Å². The summed E-state index contributed by atoms with van der Waals surface area (Å²) in [6, 6.07) is 2.79. The number of nitrogens with one attached hydrogen (secondary N) is 1. The Balaban J connectivity index is 1.78. The third-order valence-electron chi connectivity index (χ3n) is 3.52. The third kappa shape index (κ3) is 3.71. The smallest absolute Gasteiger partial charge is 0.0315 e. The molecule has 0 radical (unpaired) electrons. The van der Waals surface area contributed by atoms with Crippen LogP contribution in [-0.2, 0) is 6.54 Å². The number of pyridine rings is 1. The molecule has 1 aliphatic carbocycles. The van der Waals surface area contributed by atoms with Crippen molar-refractivity contribution in [3.05, 3.63) is 29.6 Å². The highest BCUT2D eigenvalue weighted by molar-refractivity contribution is 7.99. The van der Waals surface area contributed by atoms with Crippen molar-refractivity contribution in [1.82, 2.24) is 10.3 Å². The Labute approximate surface area is 109 Å². The maximum atomic E-state index is 4.19. The van der Waals surface area contributed by atoms with E-state index in [1.807, 2.05) is 12.4 Å². The highest BCUT2D eigenvalue weighted by Crippen LogP contribution is 2.29. The van der Waals surface area contributed by atoms with Crippen LogP contribution in [-0.4, -0.2) is 22.0 Å². The molecule has 1 N–H and O–H groups in total. The number of thioether (sulfide) groups is 1. The van der Waals surface area contributed by atoms with E-state index in [1.165, 1.54) is 36.1 Å². The Hall–Kier alpha value is -0.540. The molecule has 1 aromatic rings. The number of aryl methyl sites for hydroxylation is 1. The van der Waals surface area contributed by atoms with E-state index in [0.717, 1.165) is 11.8 Å². The van der Waals surface area contributed by atoms with Gasteiger partial charge in [-0.2, -0.15) is 11.8 Å². The lowest BCUT2D eigenvalue weighted by molar-refractivity contribution is 0.523. The van der Waals surface area contributed by atoms with E-state index < -0.39 is 0 Å². The lowest BCUT2D eigenvalue weighted by atomic mass is 10.1. The molecule has 0 saturated heterocycles. The Morgan fingerprint density at radius 1 is 1.47 bits per heavy atom. The summed E-state index contributed by atoms with van der Waals surface area (Å²) in [7, 11) is 0. The standard InChI is InChI=1S/C14H22N2S/c1-3-17-14-5-4-13(8-14)16-10-12-9-15-7-6-11(12)2/h6-7,9,13-14,16H,3-5,8,10H2,1-2H3. The number of hydrogen-bond acceptors (Lipinski definition) is 3. The van der Waals surface area contributed by atoms with Gasteiger partial charge in [-0.1, -0.05) is 6.92 Å². The zero-order valence-electron chi connectivity index (χ0n) is 10.8. The van der Waals surface area contributed by atoms with Crippen LogP contribution < -0.4 is 5.32 Å². The van der Waals surface area contributed by atoms with E-state index in [4.69, 9.17) is 0 Å². The molecule has 94 valence electrons. The Morgan fingerprint density at radius 3 is 3.12 bits per heavy atom. The van der Waals surface area contributed by atoms with Gasteiger partial charge in [-0.25, -0.2) is 0 Å². The second-order valence-electron chi connectivity index (χ2n) is 4.77. The molecular formula is C14H22N2S. The SMILES string of the molecule is CCSC1CCC(NCc2cnccc2C)C1. The van der Waals surface area contributed by atoms with Crippen molar-refractivity contribution in [1.29, 1.82) is 0 Å². The lowest BCUT2D eigenvalue weighted by Crippen LogP contribution is -2.26. The zero-order chi connectivity index (χ0) is 12.1. The van der Waals surface area contributed by atoms with E-state index >= 15 is 0 Å². The molecule has 1 fully saturated rings. The number of aromatic nitrogens is 1. The molecule has 0 amide bonds. The monoisotopic (exact) mass is 250 g/mol. The molecule has 1 saturated carbocycles. The van der Waals surface area contributed by atoms with Gasteiger partial charge in [0.25, 0.3) is 0 Å². The maximum Gasteiger partial charge on any atom is 0.0315 e. The van der Waals surface area contributed by atoms with Gasteiger partial charge in [-0.3, -0.25) is 4.98 Å². The first kappa shape index (κ1) is 12.9. The molecule has 2 unspecified atom stereocenters. The molecule has 0 bridgehead atoms. The molecule has 0 aromatic carbocycles. The van der Waals surface area contributed by atoms with Crippen molar-refractivity contribution >= 4 is 11.8 Å². The van der Waals surface area contributed by atoms with Crippen LogP contribution in [0.1, 0.15) is 37.3 Å². The van der Waals surface area contributed by atoms with Crippen molar-refractivity contribution in [2.24, 2.45) is 0 Å². The molecule has 3 heteroatoms. The topological polar surface area (TPSA) is 24.9 Å². The summed E-state index contributed by atoms with van der Waals surface area (Å²) in [4.78, 5) is 4.19. The summed E-state index contributed by atoms with van der Waals surface area (Å²) >= 11 is 2.12. The van der Waals surface area contributed by atoms with Crippen molar-refractivity contribution in [2.45, 2.75) is 50.9 Å². The minimum atomic E-state index is 0.707. The molecule has 2 nitrogen and oxygen atoms in total. The highest BCUT2D eigenvalue weighted by atomic mass is 32.2. The quantitative estimate of drug-likeness (QED) is 0.869. The van der Waals surface area contributed by atoms with Gasteiger partial charge >= 0.3 is 0 Å². The molecule has 2 rings (SSSR count). The van der Waals surface area contributed by atoms with Gasteiger partial charge in [-0.05, 0) is 49.1 Å². The van der Waals surface area contributed by atoms with Crippen molar-refractivity contribution in [2.75, 3.05) is 5.75 Å². The lowest BCUT2D eigenvalue weighted by Gasteiger charge is -2.14. The third-order valence-corrected chi connectivity index (χ3v) is 4.75. The Bertz CT molecular complexity index is 354. The van der Waals surface area contributed by atoms with E-state index in [9.17, 15) is 0 Å². The van der Waals surface area contributed by atoms with E-state index in [-0.39, 0.29) is 0 Å². The minimum Gasteiger partial charge on any atom is -0.310 e. The first-order valence-corrected chi connectivity index (χ1v) is 7.59. The van der Waals surface area contributed by atoms with Crippen molar-refractivity contribution in [3.8, 4) is 0 Å². The van der Waals surface area contributed by atoms with Gasteiger partial charge in [0.1, 0.15) is 0 Å². The second-order valence-corrected chi connectivity index (χ2v) is 6.35. The summed E-state index contributed by atoms with van der Waals surface area (Å²) < 4.78 is 0. The van der Waals surface area contributed by atoms with Gasteiger partial charge < -0.3 is 5.32 Å². The van der Waals surface area contributed by atoms with E-state index in [2.05, 4.69) is 42.0 Å². The zero-order valence-corrected chi connectivity index (χ0v) is 11.6. The van der Waals surface area contributed by atoms with Crippen LogP contribution in [0.3, 0.4) is 0 Å². The maximum absolute atomic E-state index is 4.19. The minimum absolute atomic E-state index is 0.707. The Kier molecular flexibility index (Phi) is 4.86. The molecule has 1 heterocycles. The molecular weight excluding hydrogens is 228 g/mol. The first-order valence-electron chi connectivity index (χ1n) is 6.54. The summed E-state index contributed by atoms with van der Waals surface area (Å²) in [5.74, 6) is 1.25. The van der Waals surface area contributed by atoms with E-state index in [0.29, 0.717) is 6.04 Å². The van der Waals surface area contributed by atoms with Crippen LogP contribution in [0.2, 0.25) is 0 Å². The fraction of sp³-hybridized carbons (Fsp3) is 0.643. The summed E-state index contributed by atoms with van der Waals surface area (Å²) in [5, 5.41) is 4.56. The van der Waals surface area contributed by atoms with E-state index in [1.54, 1.807) is 0 Å². The molecule has 1 aliphatic rings. The van der Waals surface area contributed by atoms with Gasteiger partial charge in [0, 0.05) is 30.2 Å². The fourth-order valence-electron chi connectivity index (χ4n) is 2.45. The van der Waals surface area contributed by atoms with Gasteiger partial charge in [-0.15, -0.1) is 0 Å². The molecule has 17 heavy (non-hydrogen) atoms. The molecule has 2 atom stereocenters. The summed E-state index contributed by atoms with van der Waals surface area (Å²) in [5.41, 5.74) is 2.67.